The minimum Gasteiger partial charge on any atom is -0.344 e. The molecule has 0 fully saturated rings. The van der Waals surface area contributed by atoms with Crippen LogP contribution in [-0.2, 0) is 4.84 Å². The van der Waals surface area contributed by atoms with Crippen molar-refractivity contribution in [2.24, 2.45) is 0 Å². The highest BCUT2D eigenvalue weighted by Gasteiger charge is 1.91. The second-order valence-electron chi connectivity index (χ2n) is 1.76. The predicted octanol–water partition coefficient (Wildman–Crippen LogP) is 1.55. The van der Waals surface area contributed by atoms with Gasteiger partial charge in [0.2, 0.25) is 0 Å². The van der Waals surface area contributed by atoms with Crippen LogP contribution in [0.15, 0.2) is 0 Å². The summed E-state index contributed by atoms with van der Waals surface area (Å²) in [5.74, 6) is 0. The maximum absolute atomic E-state index is 9.55. The summed E-state index contributed by atoms with van der Waals surface area (Å²) in [4.78, 5) is 13.6. The van der Waals surface area contributed by atoms with E-state index in [1.165, 1.54) is 0 Å². The zero-order valence-electron chi connectivity index (χ0n) is 6.21. The number of nitrogens with zero attached hydrogens (tertiary/aromatic N) is 1. The molecule has 5 heteroatoms. The zero-order valence-corrected chi connectivity index (χ0v) is 6.21. The van der Waals surface area contributed by atoms with Gasteiger partial charge >= 0.3 is 0 Å². The highest BCUT2D eigenvalue weighted by molar-refractivity contribution is 4.32. The third-order valence-corrected chi connectivity index (χ3v) is 0.945. The van der Waals surface area contributed by atoms with Crippen LogP contribution >= 0.6 is 0 Å². The third kappa shape index (κ3) is 10.2. The number of unbranched alkanes of at least 4 members (excludes halogenated alkanes) is 2. The molecular weight excluding hydrogens is 136 g/mol. The summed E-state index contributed by atoms with van der Waals surface area (Å²) in [7, 11) is 0. The van der Waals surface area contributed by atoms with Crippen LogP contribution in [0.3, 0.4) is 0 Å². The van der Waals surface area contributed by atoms with E-state index < -0.39 is 5.09 Å². The first-order chi connectivity index (χ1) is 4.27. The lowest BCUT2D eigenvalue weighted by molar-refractivity contribution is -0.757. The lowest BCUT2D eigenvalue weighted by Gasteiger charge is -1.94. The van der Waals surface area contributed by atoms with Crippen molar-refractivity contribution < 1.29 is 9.92 Å². The van der Waals surface area contributed by atoms with Crippen molar-refractivity contribution in [2.45, 2.75) is 26.2 Å². The number of hydrogen-bond donors (Lipinski definition) is 1. The van der Waals surface area contributed by atoms with Crippen molar-refractivity contribution in [1.82, 2.24) is 6.15 Å². The van der Waals surface area contributed by atoms with E-state index in [-0.39, 0.29) is 12.8 Å². The quantitative estimate of drug-likeness (QED) is 0.366. The fourth-order valence-corrected chi connectivity index (χ4v) is 0.491. The van der Waals surface area contributed by atoms with Crippen LogP contribution in [-0.4, -0.2) is 11.7 Å². The van der Waals surface area contributed by atoms with Gasteiger partial charge in [0.05, 0.1) is 6.61 Å². The van der Waals surface area contributed by atoms with Gasteiger partial charge in [-0.25, -0.2) is 0 Å². The van der Waals surface area contributed by atoms with Gasteiger partial charge in [-0.2, -0.15) is 0 Å². The Hall–Kier alpha value is -0.840. The second kappa shape index (κ2) is 8.16. The monoisotopic (exact) mass is 150 g/mol. The van der Waals surface area contributed by atoms with E-state index in [9.17, 15) is 10.1 Å². The Balaban J connectivity index is 0. The van der Waals surface area contributed by atoms with Gasteiger partial charge in [0.15, 0.2) is 0 Å². The van der Waals surface area contributed by atoms with E-state index >= 15 is 0 Å². The normalized spacial score (nSPS) is 8.10. The Labute approximate surface area is 60.1 Å². The minimum absolute atomic E-state index is 0. The second-order valence-corrected chi connectivity index (χ2v) is 1.76. The molecule has 0 saturated heterocycles. The molecule has 0 bridgehead atoms. The number of rotatable bonds is 5. The molecule has 0 rings (SSSR count). The lowest BCUT2D eigenvalue weighted by atomic mass is 10.3. The van der Waals surface area contributed by atoms with Crippen LogP contribution < -0.4 is 6.15 Å². The topological polar surface area (TPSA) is 87.4 Å². The first-order valence-corrected chi connectivity index (χ1v) is 3.04. The molecule has 3 N–H and O–H groups in total. The molecule has 0 radical (unpaired) electrons. The summed E-state index contributed by atoms with van der Waals surface area (Å²) < 4.78 is 0. The molecule has 10 heavy (non-hydrogen) atoms. The summed E-state index contributed by atoms with van der Waals surface area (Å²) in [6, 6.07) is 0. The van der Waals surface area contributed by atoms with Crippen LogP contribution in [0.4, 0.5) is 0 Å². The summed E-state index contributed by atoms with van der Waals surface area (Å²) in [5, 5.41) is 8.79. The van der Waals surface area contributed by atoms with E-state index in [0.29, 0.717) is 0 Å². The molecule has 0 spiro atoms. The Morgan fingerprint density at radius 2 is 2.10 bits per heavy atom. The maximum Gasteiger partial charge on any atom is 0.294 e. The third-order valence-electron chi connectivity index (χ3n) is 0.945. The van der Waals surface area contributed by atoms with Crippen LogP contribution in [0, 0.1) is 10.1 Å². The number of hydrogen-bond acceptors (Lipinski definition) is 4. The molecule has 0 aromatic rings. The summed E-state index contributed by atoms with van der Waals surface area (Å²) >= 11 is 0. The van der Waals surface area contributed by atoms with E-state index in [0.717, 1.165) is 19.3 Å². The summed E-state index contributed by atoms with van der Waals surface area (Å²) in [6.07, 6.45) is 2.83. The molecule has 0 amide bonds. The summed E-state index contributed by atoms with van der Waals surface area (Å²) in [6.45, 7) is 2.27. The molecule has 0 atom stereocenters. The van der Waals surface area contributed by atoms with E-state index in [1.54, 1.807) is 0 Å². The van der Waals surface area contributed by atoms with Crippen molar-refractivity contribution >= 4 is 0 Å². The van der Waals surface area contributed by atoms with Crippen molar-refractivity contribution in [3.05, 3.63) is 10.1 Å². The smallest absolute Gasteiger partial charge is 0.294 e. The van der Waals surface area contributed by atoms with Crippen molar-refractivity contribution in [3.8, 4) is 0 Å². The molecule has 0 aliphatic heterocycles. The molecule has 0 unspecified atom stereocenters. The first-order valence-electron chi connectivity index (χ1n) is 3.04. The molecule has 0 heterocycles. The SMILES string of the molecule is CCCCCO[N+](=O)[O-].N. The Morgan fingerprint density at radius 1 is 1.50 bits per heavy atom. The first kappa shape index (κ1) is 11.9. The highest BCUT2D eigenvalue weighted by Crippen LogP contribution is 1.93. The molecule has 0 aliphatic carbocycles. The van der Waals surface area contributed by atoms with Gasteiger partial charge in [0.25, 0.3) is 5.09 Å². The Morgan fingerprint density at radius 3 is 2.50 bits per heavy atom. The standard InChI is InChI=1S/C5H11NO3.H3N/c1-2-3-4-5-9-6(7)8;/h2-5H2,1H3;1H3. The van der Waals surface area contributed by atoms with Crippen LogP contribution in [0.1, 0.15) is 26.2 Å². The highest BCUT2D eigenvalue weighted by atomic mass is 16.9. The summed E-state index contributed by atoms with van der Waals surface area (Å²) in [5.41, 5.74) is 0. The van der Waals surface area contributed by atoms with Gasteiger partial charge in [0, 0.05) is 0 Å². The van der Waals surface area contributed by atoms with Crippen LogP contribution in [0.5, 0.6) is 0 Å². The Kier molecular flexibility index (Phi) is 9.71. The molecule has 0 aliphatic rings. The van der Waals surface area contributed by atoms with E-state index in [4.69, 9.17) is 0 Å². The van der Waals surface area contributed by atoms with E-state index in [1.807, 2.05) is 6.92 Å². The van der Waals surface area contributed by atoms with E-state index in [2.05, 4.69) is 4.84 Å². The van der Waals surface area contributed by atoms with Crippen molar-refractivity contribution in [3.63, 3.8) is 0 Å². The average molecular weight is 150 g/mol. The van der Waals surface area contributed by atoms with Gasteiger partial charge in [0.1, 0.15) is 0 Å². The zero-order chi connectivity index (χ0) is 7.11. The van der Waals surface area contributed by atoms with Gasteiger partial charge in [-0.3, -0.25) is 0 Å². The van der Waals surface area contributed by atoms with Gasteiger partial charge in [-0.1, -0.05) is 19.8 Å². The van der Waals surface area contributed by atoms with Crippen LogP contribution in [0.25, 0.3) is 0 Å². The molecule has 5 nitrogen and oxygen atoms in total. The fraction of sp³-hybridized carbons (Fsp3) is 1.00. The fourth-order valence-electron chi connectivity index (χ4n) is 0.491. The van der Waals surface area contributed by atoms with Crippen molar-refractivity contribution in [1.29, 1.82) is 0 Å². The Bertz CT molecular complexity index is 87.0. The molecule has 62 valence electrons. The lowest BCUT2D eigenvalue weighted by Crippen LogP contribution is -2.01. The minimum atomic E-state index is -0.754. The molecular formula is C5H14N2O3. The average Bonchev–Trinajstić information content (AvgIpc) is 1.80. The van der Waals surface area contributed by atoms with Crippen LogP contribution in [0.2, 0.25) is 0 Å². The van der Waals surface area contributed by atoms with Crippen molar-refractivity contribution in [2.75, 3.05) is 6.61 Å². The molecule has 0 saturated carbocycles. The van der Waals surface area contributed by atoms with Gasteiger partial charge in [-0.05, 0) is 6.42 Å². The largest absolute Gasteiger partial charge is 0.344 e. The van der Waals surface area contributed by atoms with Gasteiger partial charge < -0.3 is 11.0 Å². The maximum atomic E-state index is 9.55. The molecule has 0 aromatic heterocycles. The predicted molar refractivity (Wildman–Crippen MR) is 37.5 cm³/mol. The van der Waals surface area contributed by atoms with Gasteiger partial charge in [-0.15, -0.1) is 10.1 Å². The molecule has 0 aromatic carbocycles.